The van der Waals surface area contributed by atoms with Crippen molar-refractivity contribution in [3.05, 3.63) is 54.8 Å². The predicted molar refractivity (Wildman–Crippen MR) is 196 cm³/mol. The van der Waals surface area contributed by atoms with E-state index in [1.807, 2.05) is 24.3 Å². The maximum absolute atomic E-state index is 14.8. The number of hydrogen-bond donors (Lipinski definition) is 2. The fourth-order valence-electron chi connectivity index (χ4n) is 9.14. The average molecular weight is 745 g/mol. The Morgan fingerprint density at radius 2 is 1.79 bits per heavy atom. The van der Waals surface area contributed by atoms with Crippen molar-refractivity contribution in [3.63, 3.8) is 0 Å². The van der Waals surface area contributed by atoms with Crippen LogP contribution < -0.4 is 14.8 Å². The standard InChI is InChI=1S/C40H48N4O8S/c1-2-28-22-40(28,39(48)43-53(49,50)30-15-16-30)42-36(46)33-20-29-23-44(33)38(47)32(25-8-3-4-9-25)21-35(45)52-34-12-6-11-27(34)10-5-7-24-13-14-26-17-18-41-37(51-29)31(26)19-24/h2,5,7,13-14,17-19,25,27-30,32-34H,1,3-4,6,8-12,15-16,20-23H2,(H,42,46)(H,43,48)/b7-5+/t27-,28+,29?,32-,33-,34-,40+/m0/s1. The van der Waals surface area contributed by atoms with E-state index in [9.17, 15) is 27.6 Å². The van der Waals surface area contributed by atoms with Crippen LogP contribution in [0.2, 0.25) is 0 Å². The van der Waals surface area contributed by atoms with E-state index < -0.39 is 62.6 Å². The maximum Gasteiger partial charge on any atom is 0.306 e. The van der Waals surface area contributed by atoms with Crippen molar-refractivity contribution < 1.29 is 37.1 Å². The Hall–Kier alpha value is -4.26. The third-order valence-corrected chi connectivity index (χ3v) is 14.2. The van der Waals surface area contributed by atoms with Crippen LogP contribution in [0.1, 0.15) is 89.0 Å². The Labute approximate surface area is 310 Å². The zero-order valence-electron chi connectivity index (χ0n) is 29.9. The van der Waals surface area contributed by atoms with Gasteiger partial charge in [0, 0.05) is 23.9 Å². The van der Waals surface area contributed by atoms with Crippen molar-refractivity contribution in [3.8, 4) is 5.88 Å². The van der Waals surface area contributed by atoms with Crippen molar-refractivity contribution in [2.45, 2.75) is 113 Å². The molecule has 4 saturated carbocycles. The van der Waals surface area contributed by atoms with Gasteiger partial charge in [0.15, 0.2) is 0 Å². The molecule has 0 radical (unpaired) electrons. The summed E-state index contributed by atoms with van der Waals surface area (Å²) in [6.45, 7) is 3.88. The normalized spacial score (nSPS) is 32.6. The number of carbonyl (C=O) groups is 4. The molecule has 3 amide bonds. The van der Waals surface area contributed by atoms with E-state index in [0.29, 0.717) is 18.7 Å². The van der Waals surface area contributed by atoms with E-state index >= 15 is 0 Å². The van der Waals surface area contributed by atoms with Gasteiger partial charge in [-0.15, -0.1) is 6.58 Å². The summed E-state index contributed by atoms with van der Waals surface area (Å²) in [4.78, 5) is 62.5. The highest BCUT2D eigenvalue weighted by molar-refractivity contribution is 7.91. The van der Waals surface area contributed by atoms with Gasteiger partial charge in [-0.2, -0.15) is 0 Å². The van der Waals surface area contributed by atoms with Gasteiger partial charge in [-0.1, -0.05) is 43.2 Å². The van der Waals surface area contributed by atoms with E-state index in [-0.39, 0.29) is 49.7 Å². The second-order valence-electron chi connectivity index (χ2n) is 16.0. The highest BCUT2D eigenvalue weighted by Crippen LogP contribution is 2.46. The highest BCUT2D eigenvalue weighted by Gasteiger charge is 2.62. The number of hydrogen-bond acceptors (Lipinski definition) is 9. The molecular weight excluding hydrogens is 697 g/mol. The second-order valence-corrected chi connectivity index (χ2v) is 17.9. The molecule has 4 aliphatic carbocycles. The lowest BCUT2D eigenvalue weighted by Crippen LogP contribution is -2.57. The Morgan fingerprint density at radius 1 is 1.00 bits per heavy atom. The lowest BCUT2D eigenvalue weighted by Gasteiger charge is -2.31. The van der Waals surface area contributed by atoms with Crippen LogP contribution in [0.25, 0.3) is 16.8 Å². The molecule has 7 atom stereocenters. The summed E-state index contributed by atoms with van der Waals surface area (Å²) < 4.78 is 40.3. The molecule has 2 N–H and O–H groups in total. The van der Waals surface area contributed by atoms with Crippen LogP contribution >= 0.6 is 0 Å². The number of benzene rings is 1. The molecule has 3 heterocycles. The molecule has 12 nitrogen and oxygen atoms in total. The Morgan fingerprint density at radius 3 is 2.55 bits per heavy atom. The van der Waals surface area contributed by atoms with Crippen LogP contribution in [-0.2, 0) is 33.9 Å². The first-order valence-electron chi connectivity index (χ1n) is 19.3. The Balaban J connectivity index is 1.13. The van der Waals surface area contributed by atoms with Gasteiger partial charge in [-0.05, 0) is 92.7 Å². The van der Waals surface area contributed by atoms with Crippen LogP contribution in [0, 0.1) is 23.7 Å². The smallest absolute Gasteiger partial charge is 0.306 e. The third kappa shape index (κ3) is 7.20. The van der Waals surface area contributed by atoms with Gasteiger partial charge in [-0.25, -0.2) is 13.4 Å². The Kier molecular flexibility index (Phi) is 9.57. The third-order valence-electron chi connectivity index (χ3n) is 12.4. The molecule has 1 unspecified atom stereocenters. The Bertz CT molecular complexity index is 1960. The van der Waals surface area contributed by atoms with Crippen LogP contribution in [0.3, 0.4) is 0 Å². The van der Waals surface area contributed by atoms with Gasteiger partial charge >= 0.3 is 5.97 Å². The molecule has 53 heavy (non-hydrogen) atoms. The van der Waals surface area contributed by atoms with Crippen molar-refractivity contribution >= 4 is 50.6 Å². The number of fused-ring (bicyclic) bond motifs is 4. The number of nitrogens with one attached hydrogen (secondary N) is 2. The number of amides is 3. The summed E-state index contributed by atoms with van der Waals surface area (Å²) in [5.74, 6) is -2.72. The lowest BCUT2D eigenvalue weighted by atomic mass is 9.86. The summed E-state index contributed by atoms with van der Waals surface area (Å²) in [6, 6.07) is 6.92. The van der Waals surface area contributed by atoms with Gasteiger partial charge in [0.1, 0.15) is 23.8 Å². The molecule has 1 saturated heterocycles. The average Bonchev–Trinajstić information content (AvgIpc) is 3.93. The van der Waals surface area contributed by atoms with E-state index in [4.69, 9.17) is 9.47 Å². The van der Waals surface area contributed by atoms with Gasteiger partial charge in [0.2, 0.25) is 27.7 Å². The molecule has 2 aliphatic heterocycles. The minimum absolute atomic E-state index is 0.0388. The number of rotatable bonds is 7. The predicted octanol–water partition coefficient (Wildman–Crippen LogP) is 4.58. The minimum atomic E-state index is -3.87. The first-order chi connectivity index (χ1) is 25.5. The van der Waals surface area contributed by atoms with Crippen molar-refractivity contribution in [2.75, 3.05) is 6.54 Å². The molecule has 1 aromatic heterocycles. The minimum Gasteiger partial charge on any atom is -0.472 e. The summed E-state index contributed by atoms with van der Waals surface area (Å²) in [7, 11) is -3.87. The first-order valence-corrected chi connectivity index (χ1v) is 20.8. The molecule has 4 bridgehead atoms. The lowest BCUT2D eigenvalue weighted by molar-refractivity contribution is -0.156. The molecule has 8 rings (SSSR count). The maximum atomic E-state index is 14.8. The van der Waals surface area contributed by atoms with Crippen LogP contribution in [0.15, 0.2) is 49.2 Å². The molecule has 1 aromatic carbocycles. The number of nitrogens with zero attached hydrogens (tertiary/aromatic N) is 2. The summed E-state index contributed by atoms with van der Waals surface area (Å²) in [5.41, 5.74) is -0.537. The fraction of sp³-hybridized carbons (Fsp3) is 0.575. The van der Waals surface area contributed by atoms with Gasteiger partial charge in [0.05, 0.1) is 24.1 Å². The van der Waals surface area contributed by atoms with E-state index in [1.54, 1.807) is 6.20 Å². The summed E-state index contributed by atoms with van der Waals surface area (Å²) >= 11 is 0. The number of carbonyl (C=O) groups excluding carboxylic acids is 4. The monoisotopic (exact) mass is 744 g/mol. The summed E-state index contributed by atoms with van der Waals surface area (Å²) in [5, 5.41) is 3.98. The molecule has 5 fully saturated rings. The number of aromatic nitrogens is 1. The van der Waals surface area contributed by atoms with Crippen LogP contribution in [-0.4, -0.2) is 77.6 Å². The zero-order valence-corrected chi connectivity index (χ0v) is 30.7. The first kappa shape index (κ1) is 35.8. The topological polar surface area (TPSA) is 161 Å². The SMILES string of the molecule is C=C[C@@H]1C[C@]1(NC(=O)[C@@H]1CC2CN1C(=O)[C@H](C1CCCC1)CC(=O)O[C@H]1CCC[C@@H]1C/C=C/c1ccc3ccnc(c3c1)O2)C(=O)NS(=O)(=O)C1CC1. The van der Waals surface area contributed by atoms with Crippen molar-refractivity contribution in [2.24, 2.45) is 23.7 Å². The summed E-state index contributed by atoms with van der Waals surface area (Å²) in [6.07, 6.45) is 14.7. The van der Waals surface area contributed by atoms with E-state index in [2.05, 4.69) is 33.8 Å². The highest BCUT2D eigenvalue weighted by atomic mass is 32.2. The molecular formula is C40H48N4O8S. The van der Waals surface area contributed by atoms with E-state index in [1.165, 1.54) is 11.0 Å². The fourth-order valence-corrected chi connectivity index (χ4v) is 10.5. The van der Waals surface area contributed by atoms with Crippen molar-refractivity contribution in [1.29, 1.82) is 0 Å². The largest absolute Gasteiger partial charge is 0.472 e. The zero-order chi connectivity index (χ0) is 36.9. The molecule has 0 spiro atoms. The number of ether oxygens (including phenoxy) is 2. The number of esters is 1. The van der Waals surface area contributed by atoms with Gasteiger partial charge < -0.3 is 19.7 Å². The molecule has 2 aromatic rings. The van der Waals surface area contributed by atoms with Crippen LogP contribution in [0.4, 0.5) is 0 Å². The van der Waals surface area contributed by atoms with Crippen LogP contribution in [0.5, 0.6) is 5.88 Å². The number of sulfonamides is 1. The quantitative estimate of drug-likeness (QED) is 0.306. The number of allylic oxidation sites excluding steroid dienone is 1. The van der Waals surface area contributed by atoms with Gasteiger partial charge in [0.25, 0.3) is 5.91 Å². The number of pyridine rings is 1. The molecule has 6 aliphatic rings. The second kappa shape index (κ2) is 14.2. The molecule has 282 valence electrons. The van der Waals surface area contributed by atoms with Crippen molar-refractivity contribution in [1.82, 2.24) is 19.9 Å². The van der Waals surface area contributed by atoms with Gasteiger partial charge in [-0.3, -0.25) is 23.9 Å². The van der Waals surface area contributed by atoms with E-state index in [0.717, 1.165) is 67.7 Å². The molecule has 13 heteroatoms.